The SMILES string of the molecule is CCOc1cc(C=C2CCNC2=O)cc(CSc2ccccc2)c1O. The fourth-order valence-electron chi connectivity index (χ4n) is 2.70. The zero-order valence-corrected chi connectivity index (χ0v) is 14.9. The topological polar surface area (TPSA) is 58.6 Å². The normalized spacial score (nSPS) is 15.4. The zero-order valence-electron chi connectivity index (χ0n) is 14.1. The van der Waals surface area contributed by atoms with Crippen LogP contribution in [-0.2, 0) is 10.5 Å². The molecule has 1 fully saturated rings. The highest BCUT2D eigenvalue weighted by Gasteiger charge is 2.17. The number of hydrogen-bond donors (Lipinski definition) is 2. The summed E-state index contributed by atoms with van der Waals surface area (Å²) in [5.74, 6) is 1.23. The molecular weight excluding hydrogens is 334 g/mol. The van der Waals surface area contributed by atoms with Gasteiger partial charge >= 0.3 is 0 Å². The van der Waals surface area contributed by atoms with Gasteiger partial charge < -0.3 is 15.2 Å². The largest absolute Gasteiger partial charge is 0.504 e. The second kappa shape index (κ2) is 8.12. The number of aromatic hydroxyl groups is 1. The van der Waals surface area contributed by atoms with E-state index in [1.807, 2.05) is 49.4 Å². The van der Waals surface area contributed by atoms with E-state index in [1.165, 1.54) is 0 Å². The molecular formula is C20H21NO3S. The van der Waals surface area contributed by atoms with Crippen molar-refractivity contribution < 1.29 is 14.6 Å². The van der Waals surface area contributed by atoms with Gasteiger partial charge in [-0.3, -0.25) is 4.79 Å². The number of carbonyl (C=O) groups excluding carboxylic acids is 1. The first-order chi connectivity index (χ1) is 12.2. The van der Waals surface area contributed by atoms with Crippen molar-refractivity contribution in [2.24, 2.45) is 0 Å². The Morgan fingerprint density at radius 2 is 2.08 bits per heavy atom. The molecule has 0 aromatic heterocycles. The Kier molecular flexibility index (Phi) is 5.66. The standard InChI is InChI=1S/C20H21NO3S/c1-2-24-18-12-14(10-15-8-9-21-20(15)23)11-16(19(18)22)13-25-17-6-4-3-5-7-17/h3-7,10-12,22H,2,8-9,13H2,1H3,(H,21,23). The van der Waals surface area contributed by atoms with Gasteiger partial charge in [-0.05, 0) is 49.2 Å². The number of rotatable bonds is 6. The molecule has 0 aliphatic carbocycles. The molecule has 0 atom stereocenters. The third kappa shape index (κ3) is 4.37. The van der Waals surface area contributed by atoms with Gasteiger partial charge in [0.05, 0.1) is 6.61 Å². The molecule has 4 nitrogen and oxygen atoms in total. The maximum absolute atomic E-state index is 11.8. The van der Waals surface area contributed by atoms with Crippen LogP contribution in [0.15, 0.2) is 52.9 Å². The molecule has 0 spiro atoms. The Bertz CT molecular complexity index is 787. The van der Waals surface area contributed by atoms with E-state index in [9.17, 15) is 9.90 Å². The van der Waals surface area contributed by atoms with Crippen molar-refractivity contribution >= 4 is 23.7 Å². The summed E-state index contributed by atoms with van der Waals surface area (Å²) in [7, 11) is 0. The van der Waals surface area contributed by atoms with E-state index in [0.29, 0.717) is 24.7 Å². The average molecular weight is 355 g/mol. The number of ether oxygens (including phenoxy) is 1. The Hall–Kier alpha value is -2.40. The van der Waals surface area contributed by atoms with Crippen molar-refractivity contribution in [3.8, 4) is 11.5 Å². The second-order valence-electron chi connectivity index (χ2n) is 5.74. The highest BCUT2D eigenvalue weighted by atomic mass is 32.2. The van der Waals surface area contributed by atoms with E-state index in [-0.39, 0.29) is 11.7 Å². The van der Waals surface area contributed by atoms with Crippen LogP contribution in [0.3, 0.4) is 0 Å². The fraction of sp³-hybridized carbons (Fsp3) is 0.250. The van der Waals surface area contributed by atoms with Crippen molar-refractivity contribution in [3.63, 3.8) is 0 Å². The van der Waals surface area contributed by atoms with Gasteiger partial charge in [0.2, 0.25) is 5.91 Å². The molecule has 25 heavy (non-hydrogen) atoms. The molecule has 1 heterocycles. The number of carbonyl (C=O) groups is 1. The summed E-state index contributed by atoms with van der Waals surface area (Å²) in [6.07, 6.45) is 2.60. The van der Waals surface area contributed by atoms with E-state index >= 15 is 0 Å². The first-order valence-electron chi connectivity index (χ1n) is 8.32. The lowest BCUT2D eigenvalue weighted by molar-refractivity contribution is -0.116. The number of amides is 1. The lowest BCUT2D eigenvalue weighted by atomic mass is 10.1. The Morgan fingerprint density at radius 1 is 1.28 bits per heavy atom. The van der Waals surface area contributed by atoms with Crippen LogP contribution in [0, 0.1) is 0 Å². The zero-order chi connectivity index (χ0) is 17.6. The number of phenolic OH excluding ortho intramolecular Hbond substituents is 1. The Balaban J connectivity index is 1.88. The molecule has 0 saturated carbocycles. The predicted molar refractivity (Wildman–Crippen MR) is 101 cm³/mol. The minimum atomic E-state index is -0.0220. The van der Waals surface area contributed by atoms with Crippen LogP contribution in [0.2, 0.25) is 0 Å². The van der Waals surface area contributed by atoms with Crippen molar-refractivity contribution in [2.45, 2.75) is 24.0 Å². The van der Waals surface area contributed by atoms with Crippen molar-refractivity contribution in [1.82, 2.24) is 5.32 Å². The summed E-state index contributed by atoms with van der Waals surface area (Å²) >= 11 is 1.65. The summed E-state index contributed by atoms with van der Waals surface area (Å²) in [6.45, 7) is 3.03. The lowest BCUT2D eigenvalue weighted by Crippen LogP contribution is -2.13. The Labute approximate surface area is 151 Å². The van der Waals surface area contributed by atoms with Gasteiger partial charge in [0, 0.05) is 28.3 Å². The van der Waals surface area contributed by atoms with Crippen LogP contribution in [0.1, 0.15) is 24.5 Å². The monoisotopic (exact) mass is 355 g/mol. The molecule has 0 radical (unpaired) electrons. The molecule has 5 heteroatoms. The van der Waals surface area contributed by atoms with E-state index in [0.717, 1.165) is 28.0 Å². The van der Waals surface area contributed by atoms with Crippen LogP contribution in [0.5, 0.6) is 11.5 Å². The smallest absolute Gasteiger partial charge is 0.247 e. The summed E-state index contributed by atoms with van der Waals surface area (Å²) in [5, 5.41) is 13.3. The third-order valence-electron chi connectivity index (χ3n) is 3.93. The summed E-state index contributed by atoms with van der Waals surface area (Å²) in [6, 6.07) is 13.8. The van der Waals surface area contributed by atoms with Gasteiger partial charge in [-0.1, -0.05) is 18.2 Å². The van der Waals surface area contributed by atoms with E-state index in [1.54, 1.807) is 17.8 Å². The van der Waals surface area contributed by atoms with E-state index in [2.05, 4.69) is 5.32 Å². The maximum Gasteiger partial charge on any atom is 0.247 e. The van der Waals surface area contributed by atoms with Crippen molar-refractivity contribution in [3.05, 3.63) is 59.2 Å². The molecule has 1 aliphatic rings. The Morgan fingerprint density at radius 3 is 2.76 bits per heavy atom. The molecule has 1 aliphatic heterocycles. The number of benzene rings is 2. The van der Waals surface area contributed by atoms with Gasteiger partial charge in [-0.25, -0.2) is 0 Å². The highest BCUT2D eigenvalue weighted by Crippen LogP contribution is 2.36. The van der Waals surface area contributed by atoms with E-state index in [4.69, 9.17) is 4.74 Å². The van der Waals surface area contributed by atoms with Crippen LogP contribution < -0.4 is 10.1 Å². The van der Waals surface area contributed by atoms with Crippen LogP contribution in [-0.4, -0.2) is 24.2 Å². The van der Waals surface area contributed by atoms with Gasteiger partial charge in [0.15, 0.2) is 11.5 Å². The molecule has 0 unspecified atom stereocenters. The molecule has 130 valence electrons. The minimum absolute atomic E-state index is 0.0220. The number of thioether (sulfide) groups is 1. The van der Waals surface area contributed by atoms with Crippen molar-refractivity contribution in [2.75, 3.05) is 13.2 Å². The third-order valence-corrected chi connectivity index (χ3v) is 4.99. The predicted octanol–water partition coefficient (Wildman–Crippen LogP) is 3.99. The number of hydrogen-bond acceptors (Lipinski definition) is 4. The minimum Gasteiger partial charge on any atom is -0.504 e. The molecule has 3 rings (SSSR count). The second-order valence-corrected chi connectivity index (χ2v) is 6.79. The fourth-order valence-corrected chi connectivity index (χ4v) is 3.59. The molecule has 2 aromatic rings. The van der Waals surface area contributed by atoms with Crippen LogP contribution in [0.4, 0.5) is 0 Å². The first kappa shape index (κ1) is 17.4. The average Bonchev–Trinajstić information content (AvgIpc) is 3.02. The summed E-state index contributed by atoms with van der Waals surface area (Å²) in [4.78, 5) is 12.9. The van der Waals surface area contributed by atoms with Gasteiger partial charge in [-0.15, -0.1) is 11.8 Å². The lowest BCUT2D eigenvalue weighted by Gasteiger charge is -2.12. The maximum atomic E-state index is 11.8. The molecule has 1 saturated heterocycles. The van der Waals surface area contributed by atoms with Gasteiger partial charge in [-0.2, -0.15) is 0 Å². The van der Waals surface area contributed by atoms with E-state index < -0.39 is 0 Å². The van der Waals surface area contributed by atoms with Crippen molar-refractivity contribution in [1.29, 1.82) is 0 Å². The molecule has 2 aromatic carbocycles. The molecule has 0 bridgehead atoms. The van der Waals surface area contributed by atoms with Gasteiger partial charge in [0.1, 0.15) is 0 Å². The number of nitrogens with one attached hydrogen (secondary N) is 1. The quantitative estimate of drug-likeness (QED) is 0.608. The molecule has 2 N–H and O–H groups in total. The summed E-state index contributed by atoms with van der Waals surface area (Å²) in [5.41, 5.74) is 2.43. The summed E-state index contributed by atoms with van der Waals surface area (Å²) < 4.78 is 5.57. The first-order valence-corrected chi connectivity index (χ1v) is 9.31. The molecule has 1 amide bonds. The van der Waals surface area contributed by atoms with Gasteiger partial charge in [0.25, 0.3) is 0 Å². The highest BCUT2D eigenvalue weighted by molar-refractivity contribution is 7.98. The number of phenols is 1. The van der Waals surface area contributed by atoms with Crippen LogP contribution >= 0.6 is 11.8 Å². The van der Waals surface area contributed by atoms with Crippen LogP contribution in [0.25, 0.3) is 6.08 Å².